The first kappa shape index (κ1) is 14.1. The van der Waals surface area contributed by atoms with E-state index in [9.17, 15) is 0 Å². The van der Waals surface area contributed by atoms with Gasteiger partial charge in [-0.3, -0.25) is 4.90 Å². The van der Waals surface area contributed by atoms with Gasteiger partial charge in [0.2, 0.25) is 0 Å². The molecule has 0 bridgehead atoms. The van der Waals surface area contributed by atoms with Crippen LogP contribution in [0.4, 0.5) is 0 Å². The van der Waals surface area contributed by atoms with E-state index < -0.39 is 0 Å². The predicted octanol–water partition coefficient (Wildman–Crippen LogP) is 3.37. The Morgan fingerprint density at radius 2 is 2.16 bits per heavy atom. The smallest absolute Gasteiger partial charge is 0.0627 e. The summed E-state index contributed by atoms with van der Waals surface area (Å²) in [6.07, 6.45) is 1.93. The third-order valence-electron chi connectivity index (χ3n) is 4.15. The summed E-state index contributed by atoms with van der Waals surface area (Å²) in [7, 11) is 0. The fourth-order valence-corrected chi connectivity index (χ4v) is 2.84. The molecule has 0 saturated carbocycles. The van der Waals surface area contributed by atoms with Crippen LogP contribution < -0.4 is 0 Å². The molecule has 0 aliphatic carbocycles. The van der Waals surface area contributed by atoms with Crippen molar-refractivity contribution in [3.63, 3.8) is 0 Å². The molecule has 3 nitrogen and oxygen atoms in total. The summed E-state index contributed by atoms with van der Waals surface area (Å²) in [5, 5.41) is 12.5. The summed E-state index contributed by atoms with van der Waals surface area (Å²) in [5.41, 5.74) is 5.07. The monoisotopic (exact) mass is 260 g/mol. The van der Waals surface area contributed by atoms with Crippen LogP contribution in [0.25, 0.3) is 0 Å². The molecule has 1 aromatic rings. The van der Waals surface area contributed by atoms with Gasteiger partial charge in [-0.05, 0) is 31.4 Å². The van der Waals surface area contributed by atoms with E-state index in [4.69, 9.17) is 5.21 Å². The minimum absolute atomic E-state index is 0.406. The van der Waals surface area contributed by atoms with Crippen LogP contribution in [0.3, 0.4) is 0 Å². The Morgan fingerprint density at radius 3 is 2.84 bits per heavy atom. The number of piperidine rings is 1. The number of hydrogen-bond acceptors (Lipinski definition) is 3. The molecule has 2 rings (SSSR count). The molecule has 19 heavy (non-hydrogen) atoms. The van der Waals surface area contributed by atoms with Crippen molar-refractivity contribution in [1.29, 1.82) is 0 Å². The number of oxime groups is 1. The average Bonchev–Trinajstić information content (AvgIpc) is 2.42. The van der Waals surface area contributed by atoms with Gasteiger partial charge in [0.1, 0.15) is 0 Å². The second-order valence-corrected chi connectivity index (χ2v) is 5.61. The lowest BCUT2D eigenvalue weighted by Crippen LogP contribution is -2.40. The predicted molar refractivity (Wildman–Crippen MR) is 78.8 cm³/mol. The molecule has 1 heterocycles. The highest BCUT2D eigenvalue weighted by atomic mass is 16.4. The van der Waals surface area contributed by atoms with Crippen molar-refractivity contribution in [2.75, 3.05) is 13.1 Å². The molecule has 1 N–H and O–H groups in total. The van der Waals surface area contributed by atoms with Gasteiger partial charge in [0, 0.05) is 32.0 Å². The Balaban J connectivity index is 2.06. The van der Waals surface area contributed by atoms with E-state index in [0.717, 1.165) is 38.2 Å². The van der Waals surface area contributed by atoms with E-state index in [-0.39, 0.29) is 0 Å². The van der Waals surface area contributed by atoms with Gasteiger partial charge in [0.25, 0.3) is 0 Å². The minimum atomic E-state index is 0.406. The van der Waals surface area contributed by atoms with E-state index in [1.54, 1.807) is 0 Å². The Hall–Kier alpha value is -1.35. The molecule has 3 heteroatoms. The van der Waals surface area contributed by atoms with E-state index in [1.165, 1.54) is 16.7 Å². The summed E-state index contributed by atoms with van der Waals surface area (Å²) in [6.45, 7) is 9.48. The standard InChI is InChI=1S/C16H24N2O/c1-4-14-10-18(8-7-16(14)17-19)11-15-9-12(2)5-6-13(15)3/h5-6,9,14,19H,4,7-8,10-11H2,1-3H3/b17-16+. The maximum Gasteiger partial charge on any atom is 0.0627 e. The van der Waals surface area contributed by atoms with Gasteiger partial charge in [0.15, 0.2) is 0 Å². The molecule has 1 unspecified atom stereocenters. The number of rotatable bonds is 3. The van der Waals surface area contributed by atoms with Crippen molar-refractivity contribution in [3.8, 4) is 0 Å². The number of nitrogens with zero attached hydrogens (tertiary/aromatic N) is 2. The van der Waals surface area contributed by atoms with Crippen LogP contribution in [-0.4, -0.2) is 28.9 Å². The van der Waals surface area contributed by atoms with E-state index in [1.807, 2.05) is 0 Å². The highest BCUT2D eigenvalue weighted by Gasteiger charge is 2.24. The lowest BCUT2D eigenvalue weighted by molar-refractivity contribution is 0.220. The van der Waals surface area contributed by atoms with Crippen LogP contribution >= 0.6 is 0 Å². The Morgan fingerprint density at radius 1 is 1.37 bits per heavy atom. The van der Waals surface area contributed by atoms with Gasteiger partial charge < -0.3 is 5.21 Å². The van der Waals surface area contributed by atoms with Gasteiger partial charge >= 0.3 is 0 Å². The number of hydrogen-bond donors (Lipinski definition) is 1. The van der Waals surface area contributed by atoms with Crippen molar-refractivity contribution in [2.45, 2.75) is 40.2 Å². The SMILES string of the molecule is CCC1CN(Cc2cc(C)ccc2C)CC/C1=N\O. The molecule has 0 radical (unpaired) electrons. The molecule has 0 amide bonds. The maximum absolute atomic E-state index is 9.02. The fourth-order valence-electron chi connectivity index (χ4n) is 2.84. The molecular formula is C16H24N2O. The second-order valence-electron chi connectivity index (χ2n) is 5.61. The molecular weight excluding hydrogens is 236 g/mol. The molecule has 1 atom stereocenters. The van der Waals surface area contributed by atoms with Crippen LogP contribution in [0, 0.1) is 19.8 Å². The number of benzene rings is 1. The first-order valence-corrected chi connectivity index (χ1v) is 7.13. The van der Waals surface area contributed by atoms with Crippen LogP contribution in [0.1, 0.15) is 36.5 Å². The summed E-state index contributed by atoms with van der Waals surface area (Å²) < 4.78 is 0. The minimum Gasteiger partial charge on any atom is -0.411 e. The quantitative estimate of drug-likeness (QED) is 0.668. The zero-order chi connectivity index (χ0) is 13.8. The Bertz CT molecular complexity index is 468. The zero-order valence-corrected chi connectivity index (χ0v) is 12.2. The second kappa shape index (κ2) is 6.20. The lowest BCUT2D eigenvalue weighted by atomic mass is 9.92. The normalized spacial score (nSPS) is 22.9. The first-order chi connectivity index (χ1) is 9.13. The topological polar surface area (TPSA) is 35.8 Å². The molecule has 1 aliphatic rings. The van der Waals surface area contributed by atoms with Crippen molar-refractivity contribution in [2.24, 2.45) is 11.1 Å². The largest absolute Gasteiger partial charge is 0.411 e. The van der Waals surface area contributed by atoms with Crippen LogP contribution in [-0.2, 0) is 6.54 Å². The molecule has 1 saturated heterocycles. The maximum atomic E-state index is 9.02. The van der Waals surface area contributed by atoms with E-state index >= 15 is 0 Å². The van der Waals surface area contributed by atoms with Gasteiger partial charge in [0.05, 0.1) is 5.71 Å². The van der Waals surface area contributed by atoms with Gasteiger partial charge in [-0.1, -0.05) is 35.8 Å². The first-order valence-electron chi connectivity index (χ1n) is 7.13. The molecule has 0 aromatic heterocycles. The highest BCUT2D eigenvalue weighted by Crippen LogP contribution is 2.21. The van der Waals surface area contributed by atoms with Crippen LogP contribution in [0.15, 0.2) is 23.4 Å². The van der Waals surface area contributed by atoms with Crippen LogP contribution in [0.2, 0.25) is 0 Å². The third kappa shape index (κ3) is 3.35. The van der Waals surface area contributed by atoms with Crippen molar-refractivity contribution in [1.82, 2.24) is 4.90 Å². The van der Waals surface area contributed by atoms with Crippen molar-refractivity contribution >= 4 is 5.71 Å². The van der Waals surface area contributed by atoms with Gasteiger partial charge in [-0.25, -0.2) is 0 Å². The van der Waals surface area contributed by atoms with Crippen molar-refractivity contribution < 1.29 is 5.21 Å². The summed E-state index contributed by atoms with van der Waals surface area (Å²) >= 11 is 0. The Labute approximate surface area is 115 Å². The van der Waals surface area contributed by atoms with Gasteiger partial charge in [-0.15, -0.1) is 0 Å². The van der Waals surface area contributed by atoms with Crippen LogP contribution in [0.5, 0.6) is 0 Å². The fraction of sp³-hybridized carbons (Fsp3) is 0.562. The van der Waals surface area contributed by atoms with Gasteiger partial charge in [-0.2, -0.15) is 0 Å². The molecule has 1 fully saturated rings. The number of aryl methyl sites for hydroxylation is 2. The number of likely N-dealkylation sites (tertiary alicyclic amines) is 1. The third-order valence-corrected chi connectivity index (χ3v) is 4.15. The zero-order valence-electron chi connectivity index (χ0n) is 12.2. The highest BCUT2D eigenvalue weighted by molar-refractivity contribution is 5.87. The lowest BCUT2D eigenvalue weighted by Gasteiger charge is -2.33. The molecule has 1 aliphatic heterocycles. The Kier molecular flexibility index (Phi) is 4.59. The molecule has 1 aromatic carbocycles. The van der Waals surface area contributed by atoms with Crippen molar-refractivity contribution in [3.05, 3.63) is 34.9 Å². The van der Waals surface area contributed by atoms with E-state index in [0.29, 0.717) is 5.92 Å². The summed E-state index contributed by atoms with van der Waals surface area (Å²) in [6, 6.07) is 6.65. The molecule has 0 spiro atoms. The summed E-state index contributed by atoms with van der Waals surface area (Å²) in [5.74, 6) is 0.406. The summed E-state index contributed by atoms with van der Waals surface area (Å²) in [4.78, 5) is 2.48. The molecule has 104 valence electrons. The average molecular weight is 260 g/mol. The van der Waals surface area contributed by atoms with E-state index in [2.05, 4.69) is 49.0 Å².